The van der Waals surface area contributed by atoms with E-state index >= 15 is 0 Å². The predicted octanol–water partition coefficient (Wildman–Crippen LogP) is 2.50. The minimum atomic E-state index is 0.701. The lowest BCUT2D eigenvalue weighted by Gasteiger charge is -2.03. The van der Waals surface area contributed by atoms with E-state index in [4.69, 9.17) is 0 Å². The molecule has 4 nitrogen and oxygen atoms in total. The van der Waals surface area contributed by atoms with E-state index in [0.717, 1.165) is 18.6 Å². The topological polar surface area (TPSA) is 42.2 Å². The predicted molar refractivity (Wildman–Crippen MR) is 65.7 cm³/mol. The molecule has 2 rings (SSSR count). The van der Waals surface area contributed by atoms with Gasteiger partial charge in [0, 0.05) is 12.7 Å². The number of aryl methyl sites for hydroxylation is 1. The van der Waals surface area contributed by atoms with E-state index in [1.807, 2.05) is 18.3 Å². The normalized spacial score (nSPS) is 11.2. The third-order valence-corrected chi connectivity index (χ3v) is 2.50. The van der Waals surface area contributed by atoms with Crippen LogP contribution >= 0.6 is 0 Å². The number of nitrogens with zero attached hydrogens (tertiary/aromatic N) is 3. The van der Waals surface area contributed by atoms with Gasteiger partial charge in [-0.15, -0.1) is 5.10 Å². The summed E-state index contributed by atoms with van der Waals surface area (Å²) in [5, 5.41) is 7.59. The molecule has 86 valence electrons. The summed E-state index contributed by atoms with van der Waals surface area (Å²) < 4.78 is 1.80. The molecule has 0 spiro atoms. The van der Waals surface area contributed by atoms with Gasteiger partial charge in [0.2, 0.25) is 5.95 Å². The average molecular weight is 218 g/mol. The van der Waals surface area contributed by atoms with E-state index in [9.17, 15) is 0 Å². The molecule has 2 heterocycles. The molecule has 0 atom stereocenters. The molecule has 4 heteroatoms. The fourth-order valence-corrected chi connectivity index (χ4v) is 1.53. The fourth-order valence-electron chi connectivity index (χ4n) is 1.53. The molecular weight excluding hydrogens is 200 g/mol. The van der Waals surface area contributed by atoms with Gasteiger partial charge < -0.3 is 5.32 Å². The molecule has 2 aromatic rings. The third kappa shape index (κ3) is 2.51. The van der Waals surface area contributed by atoms with Crippen molar-refractivity contribution in [2.45, 2.75) is 27.2 Å². The van der Waals surface area contributed by atoms with E-state index in [2.05, 4.69) is 36.2 Å². The number of fused-ring (bicyclic) bond motifs is 1. The van der Waals surface area contributed by atoms with Crippen molar-refractivity contribution in [3.63, 3.8) is 0 Å². The van der Waals surface area contributed by atoms with Crippen LogP contribution in [0.15, 0.2) is 18.3 Å². The first kappa shape index (κ1) is 10.9. The number of hydrogen-bond donors (Lipinski definition) is 1. The third-order valence-electron chi connectivity index (χ3n) is 2.50. The van der Waals surface area contributed by atoms with E-state index in [0.29, 0.717) is 11.9 Å². The van der Waals surface area contributed by atoms with E-state index in [1.54, 1.807) is 4.52 Å². The van der Waals surface area contributed by atoms with Crippen molar-refractivity contribution in [1.29, 1.82) is 0 Å². The van der Waals surface area contributed by atoms with Gasteiger partial charge in [-0.2, -0.15) is 4.98 Å². The maximum atomic E-state index is 4.41. The van der Waals surface area contributed by atoms with Gasteiger partial charge in [-0.3, -0.25) is 0 Å². The van der Waals surface area contributed by atoms with E-state index in [1.165, 1.54) is 5.56 Å². The number of anilines is 1. The van der Waals surface area contributed by atoms with Crippen LogP contribution < -0.4 is 5.32 Å². The second-order valence-corrected chi connectivity index (χ2v) is 4.55. The van der Waals surface area contributed by atoms with Crippen LogP contribution in [0, 0.1) is 12.8 Å². The molecule has 0 saturated heterocycles. The zero-order chi connectivity index (χ0) is 11.5. The first-order chi connectivity index (χ1) is 7.65. The fraction of sp³-hybridized carbons (Fsp3) is 0.500. The smallest absolute Gasteiger partial charge is 0.243 e. The van der Waals surface area contributed by atoms with Crippen LogP contribution in [0.2, 0.25) is 0 Å². The van der Waals surface area contributed by atoms with Crippen molar-refractivity contribution in [1.82, 2.24) is 14.6 Å². The molecule has 0 fully saturated rings. The molecule has 0 aliphatic rings. The highest BCUT2D eigenvalue weighted by Gasteiger charge is 2.02. The Morgan fingerprint density at radius 1 is 1.44 bits per heavy atom. The van der Waals surface area contributed by atoms with Crippen LogP contribution in [0.4, 0.5) is 5.95 Å². The largest absolute Gasteiger partial charge is 0.353 e. The Balaban J connectivity index is 2.08. The zero-order valence-corrected chi connectivity index (χ0v) is 10.1. The summed E-state index contributed by atoms with van der Waals surface area (Å²) in [7, 11) is 0. The summed E-state index contributed by atoms with van der Waals surface area (Å²) in [6.45, 7) is 7.40. The van der Waals surface area contributed by atoms with Gasteiger partial charge in [-0.25, -0.2) is 4.52 Å². The quantitative estimate of drug-likeness (QED) is 0.857. The van der Waals surface area contributed by atoms with E-state index in [-0.39, 0.29) is 0 Å². The number of rotatable bonds is 4. The molecule has 0 radical (unpaired) electrons. The molecule has 0 aliphatic heterocycles. The Bertz CT molecular complexity index is 473. The molecule has 1 N–H and O–H groups in total. The zero-order valence-electron chi connectivity index (χ0n) is 10.1. The van der Waals surface area contributed by atoms with Gasteiger partial charge >= 0.3 is 0 Å². The Morgan fingerprint density at radius 3 is 3.00 bits per heavy atom. The van der Waals surface area contributed by atoms with Crippen molar-refractivity contribution in [3.05, 3.63) is 23.9 Å². The summed E-state index contributed by atoms with van der Waals surface area (Å²) in [6.07, 6.45) is 3.07. The van der Waals surface area contributed by atoms with Crippen LogP contribution in [0.1, 0.15) is 25.8 Å². The van der Waals surface area contributed by atoms with Gasteiger partial charge in [0.05, 0.1) is 0 Å². The molecule has 0 unspecified atom stereocenters. The highest BCUT2D eigenvalue weighted by molar-refractivity contribution is 5.45. The van der Waals surface area contributed by atoms with Crippen molar-refractivity contribution in [2.24, 2.45) is 5.92 Å². The Kier molecular flexibility index (Phi) is 3.08. The molecule has 16 heavy (non-hydrogen) atoms. The Labute approximate surface area is 95.7 Å². The summed E-state index contributed by atoms with van der Waals surface area (Å²) in [4.78, 5) is 4.41. The van der Waals surface area contributed by atoms with Crippen LogP contribution in [0.5, 0.6) is 0 Å². The van der Waals surface area contributed by atoms with Gasteiger partial charge in [-0.05, 0) is 37.0 Å². The molecule has 0 amide bonds. The van der Waals surface area contributed by atoms with Gasteiger partial charge in [-0.1, -0.05) is 13.8 Å². The van der Waals surface area contributed by atoms with Gasteiger partial charge in [0.15, 0.2) is 5.65 Å². The number of nitrogens with one attached hydrogen (secondary N) is 1. The number of pyridine rings is 1. The first-order valence-corrected chi connectivity index (χ1v) is 5.72. The average Bonchev–Trinajstić information content (AvgIpc) is 2.58. The second-order valence-electron chi connectivity index (χ2n) is 4.55. The minimum absolute atomic E-state index is 0.701. The minimum Gasteiger partial charge on any atom is -0.353 e. The molecule has 2 aromatic heterocycles. The lowest BCUT2D eigenvalue weighted by Crippen LogP contribution is -2.05. The second kappa shape index (κ2) is 4.51. The Morgan fingerprint density at radius 2 is 2.25 bits per heavy atom. The van der Waals surface area contributed by atoms with Crippen molar-refractivity contribution in [3.8, 4) is 0 Å². The maximum Gasteiger partial charge on any atom is 0.243 e. The molecular formula is C12H18N4. The SMILES string of the molecule is Cc1ccn2nc(NCCC(C)C)nc2c1. The first-order valence-electron chi connectivity index (χ1n) is 5.72. The Hall–Kier alpha value is -1.58. The van der Waals surface area contributed by atoms with Crippen LogP contribution in [-0.2, 0) is 0 Å². The van der Waals surface area contributed by atoms with Crippen molar-refractivity contribution < 1.29 is 0 Å². The molecule has 0 saturated carbocycles. The van der Waals surface area contributed by atoms with Crippen LogP contribution in [0.25, 0.3) is 5.65 Å². The highest BCUT2D eigenvalue weighted by atomic mass is 15.3. The summed E-state index contributed by atoms with van der Waals surface area (Å²) in [5.41, 5.74) is 2.10. The molecule has 0 bridgehead atoms. The van der Waals surface area contributed by atoms with Gasteiger partial charge in [0.25, 0.3) is 0 Å². The molecule has 0 aliphatic carbocycles. The maximum absolute atomic E-state index is 4.41. The lowest BCUT2D eigenvalue weighted by atomic mass is 10.1. The lowest BCUT2D eigenvalue weighted by molar-refractivity contribution is 0.606. The highest BCUT2D eigenvalue weighted by Crippen LogP contribution is 2.08. The van der Waals surface area contributed by atoms with Crippen LogP contribution in [-0.4, -0.2) is 21.1 Å². The summed E-state index contributed by atoms with van der Waals surface area (Å²) in [6, 6.07) is 4.06. The van der Waals surface area contributed by atoms with Crippen molar-refractivity contribution in [2.75, 3.05) is 11.9 Å². The van der Waals surface area contributed by atoms with Crippen molar-refractivity contribution >= 4 is 11.6 Å². The van der Waals surface area contributed by atoms with E-state index < -0.39 is 0 Å². The summed E-state index contributed by atoms with van der Waals surface area (Å²) >= 11 is 0. The van der Waals surface area contributed by atoms with Gasteiger partial charge in [0.1, 0.15) is 0 Å². The molecule has 0 aromatic carbocycles. The summed E-state index contributed by atoms with van der Waals surface area (Å²) in [5.74, 6) is 1.41. The number of hydrogen-bond acceptors (Lipinski definition) is 3. The number of aromatic nitrogens is 3. The monoisotopic (exact) mass is 218 g/mol. The standard InChI is InChI=1S/C12H18N4/c1-9(2)4-6-13-12-14-11-8-10(3)5-7-16(11)15-12/h5,7-9H,4,6H2,1-3H3,(H,13,15). The van der Waals surface area contributed by atoms with Crippen LogP contribution in [0.3, 0.4) is 0 Å².